The number of hydrogen-bond donors (Lipinski definition) is 1. The van der Waals surface area contributed by atoms with Crippen molar-refractivity contribution in [1.29, 1.82) is 0 Å². The summed E-state index contributed by atoms with van der Waals surface area (Å²) in [4.78, 5) is 22.7. The van der Waals surface area contributed by atoms with Crippen molar-refractivity contribution >= 4 is 11.9 Å². The van der Waals surface area contributed by atoms with Crippen LogP contribution in [0.5, 0.6) is 0 Å². The Bertz CT molecular complexity index is 288. The fourth-order valence-electron chi connectivity index (χ4n) is 2.73. The van der Waals surface area contributed by atoms with E-state index < -0.39 is 5.97 Å². The molecule has 0 saturated heterocycles. The molecule has 0 fully saturated rings. The third-order valence-electron chi connectivity index (χ3n) is 4.21. The van der Waals surface area contributed by atoms with Gasteiger partial charge in [-0.2, -0.15) is 0 Å². The lowest BCUT2D eigenvalue weighted by atomic mass is 9.94. The molecule has 0 aromatic heterocycles. The number of carbonyl (C=O) groups excluding carboxylic acids is 1. The van der Waals surface area contributed by atoms with Crippen molar-refractivity contribution in [3.63, 3.8) is 0 Å². The van der Waals surface area contributed by atoms with Crippen LogP contribution in [0.1, 0.15) is 97.3 Å². The highest BCUT2D eigenvalue weighted by Gasteiger charge is 2.19. The smallest absolute Gasteiger partial charge is 0.308 e. The lowest BCUT2D eigenvalue weighted by Crippen LogP contribution is -2.19. The van der Waals surface area contributed by atoms with E-state index in [-0.39, 0.29) is 24.9 Å². The summed E-state index contributed by atoms with van der Waals surface area (Å²) in [5.74, 6) is -1.17. The zero-order valence-electron chi connectivity index (χ0n) is 15.1. The first-order valence-corrected chi connectivity index (χ1v) is 9.50. The molecular formula is C19H36O4. The zero-order chi connectivity index (χ0) is 17.3. The van der Waals surface area contributed by atoms with Crippen LogP contribution in [-0.2, 0) is 14.3 Å². The third kappa shape index (κ3) is 14.3. The van der Waals surface area contributed by atoms with Gasteiger partial charge in [0.1, 0.15) is 6.61 Å². The molecule has 136 valence electrons. The van der Waals surface area contributed by atoms with Crippen molar-refractivity contribution in [3.05, 3.63) is 0 Å². The molecule has 0 saturated carbocycles. The van der Waals surface area contributed by atoms with Gasteiger partial charge in [-0.1, -0.05) is 78.1 Å². The van der Waals surface area contributed by atoms with E-state index in [0.717, 1.165) is 25.7 Å². The van der Waals surface area contributed by atoms with Crippen LogP contribution in [0.25, 0.3) is 0 Å². The Morgan fingerprint density at radius 3 is 1.74 bits per heavy atom. The average Bonchev–Trinajstić information content (AvgIpc) is 2.52. The second-order valence-corrected chi connectivity index (χ2v) is 6.41. The van der Waals surface area contributed by atoms with Gasteiger partial charge in [-0.15, -0.1) is 0 Å². The van der Waals surface area contributed by atoms with Crippen LogP contribution in [0, 0.1) is 5.92 Å². The van der Waals surface area contributed by atoms with Gasteiger partial charge in [-0.3, -0.25) is 9.59 Å². The predicted octanol–water partition coefficient (Wildman–Crippen LogP) is 5.34. The first-order chi connectivity index (χ1) is 11.1. The third-order valence-corrected chi connectivity index (χ3v) is 4.21. The van der Waals surface area contributed by atoms with E-state index in [1.54, 1.807) is 0 Å². The summed E-state index contributed by atoms with van der Waals surface area (Å²) in [6, 6.07) is 0. The van der Waals surface area contributed by atoms with Gasteiger partial charge < -0.3 is 9.84 Å². The number of rotatable bonds is 16. The van der Waals surface area contributed by atoms with Gasteiger partial charge in [-0.25, -0.2) is 0 Å². The minimum atomic E-state index is -0.923. The van der Waals surface area contributed by atoms with Gasteiger partial charge >= 0.3 is 11.9 Å². The Morgan fingerprint density at radius 2 is 1.30 bits per heavy atom. The number of ether oxygens (including phenoxy) is 1. The van der Waals surface area contributed by atoms with Crippen LogP contribution in [0.4, 0.5) is 0 Å². The topological polar surface area (TPSA) is 63.6 Å². The molecule has 0 atom stereocenters. The second-order valence-electron chi connectivity index (χ2n) is 6.41. The first kappa shape index (κ1) is 21.9. The Hall–Kier alpha value is -1.06. The zero-order valence-corrected chi connectivity index (χ0v) is 15.1. The molecule has 0 radical (unpaired) electrons. The molecular weight excluding hydrogens is 292 g/mol. The molecule has 0 aliphatic carbocycles. The number of carbonyl (C=O) groups is 2. The average molecular weight is 328 g/mol. The van der Waals surface area contributed by atoms with Crippen molar-refractivity contribution in [3.8, 4) is 0 Å². The van der Waals surface area contributed by atoms with Crippen molar-refractivity contribution in [2.45, 2.75) is 97.3 Å². The second kappa shape index (κ2) is 15.8. The summed E-state index contributed by atoms with van der Waals surface area (Å²) in [5, 5.41) is 8.62. The van der Waals surface area contributed by atoms with Crippen LogP contribution < -0.4 is 0 Å². The number of unbranched alkanes of at least 4 members (excludes halogenated alkanes) is 8. The molecule has 0 aliphatic rings. The molecule has 0 bridgehead atoms. The Kier molecular flexibility index (Phi) is 15.1. The van der Waals surface area contributed by atoms with Crippen molar-refractivity contribution < 1.29 is 19.4 Å². The Morgan fingerprint density at radius 1 is 0.826 bits per heavy atom. The molecule has 0 aromatic carbocycles. The fourth-order valence-corrected chi connectivity index (χ4v) is 2.73. The molecule has 4 nitrogen and oxygen atoms in total. The SMILES string of the molecule is CCCCCCCC(CCCCCCC)C(=O)OCCC(=O)O. The van der Waals surface area contributed by atoms with E-state index in [4.69, 9.17) is 9.84 Å². The number of carboxylic acid groups (broad SMARTS) is 1. The Balaban J connectivity index is 4.07. The molecule has 4 heteroatoms. The maximum Gasteiger partial charge on any atom is 0.308 e. The molecule has 0 aromatic rings. The number of aliphatic carboxylic acids is 1. The van der Waals surface area contributed by atoms with E-state index in [1.807, 2.05) is 0 Å². The molecule has 0 rings (SSSR count). The van der Waals surface area contributed by atoms with Gasteiger partial charge in [0.05, 0.1) is 12.3 Å². The number of carboxylic acids is 1. The van der Waals surface area contributed by atoms with Crippen LogP contribution in [0.3, 0.4) is 0 Å². The molecule has 0 aliphatic heterocycles. The Labute approximate surface area is 142 Å². The molecule has 0 amide bonds. The minimum absolute atomic E-state index is 0.00363. The molecule has 0 heterocycles. The number of hydrogen-bond acceptors (Lipinski definition) is 3. The predicted molar refractivity (Wildman–Crippen MR) is 93.5 cm³/mol. The molecule has 1 N–H and O–H groups in total. The highest BCUT2D eigenvalue weighted by molar-refractivity contribution is 5.73. The van der Waals surface area contributed by atoms with E-state index in [9.17, 15) is 9.59 Å². The normalized spacial score (nSPS) is 10.9. The lowest BCUT2D eigenvalue weighted by molar-refractivity contribution is -0.151. The lowest BCUT2D eigenvalue weighted by Gasteiger charge is -2.16. The largest absolute Gasteiger partial charge is 0.481 e. The standard InChI is InChI=1S/C19H36O4/c1-3-5-7-9-11-13-17(14-12-10-8-6-4-2)19(22)23-16-15-18(20)21/h17H,3-16H2,1-2H3,(H,20,21). The van der Waals surface area contributed by atoms with Gasteiger partial charge in [0.25, 0.3) is 0 Å². The van der Waals surface area contributed by atoms with Crippen molar-refractivity contribution in [2.24, 2.45) is 5.92 Å². The van der Waals surface area contributed by atoms with Crippen LogP contribution in [0.2, 0.25) is 0 Å². The summed E-state index contributed by atoms with van der Waals surface area (Å²) >= 11 is 0. The van der Waals surface area contributed by atoms with E-state index in [1.165, 1.54) is 51.4 Å². The summed E-state index contributed by atoms with van der Waals surface area (Å²) in [5.41, 5.74) is 0. The summed E-state index contributed by atoms with van der Waals surface area (Å²) in [7, 11) is 0. The first-order valence-electron chi connectivity index (χ1n) is 9.50. The quantitative estimate of drug-likeness (QED) is 0.307. The minimum Gasteiger partial charge on any atom is -0.481 e. The van der Waals surface area contributed by atoms with Crippen LogP contribution in [0.15, 0.2) is 0 Å². The number of esters is 1. The molecule has 23 heavy (non-hydrogen) atoms. The van der Waals surface area contributed by atoms with Crippen molar-refractivity contribution in [1.82, 2.24) is 0 Å². The van der Waals surface area contributed by atoms with Gasteiger partial charge in [0, 0.05) is 0 Å². The maximum atomic E-state index is 12.1. The summed E-state index contributed by atoms with van der Waals surface area (Å²) in [6.07, 6.45) is 13.5. The fraction of sp³-hybridized carbons (Fsp3) is 0.895. The molecule has 0 unspecified atom stereocenters. The van der Waals surface area contributed by atoms with Crippen LogP contribution >= 0.6 is 0 Å². The van der Waals surface area contributed by atoms with Crippen LogP contribution in [-0.4, -0.2) is 23.7 Å². The molecule has 0 spiro atoms. The van der Waals surface area contributed by atoms with Gasteiger partial charge in [-0.05, 0) is 12.8 Å². The monoisotopic (exact) mass is 328 g/mol. The summed E-state index contributed by atoms with van der Waals surface area (Å²) < 4.78 is 5.15. The van der Waals surface area contributed by atoms with Gasteiger partial charge in [0.15, 0.2) is 0 Å². The van der Waals surface area contributed by atoms with E-state index in [2.05, 4.69) is 13.8 Å². The summed E-state index contributed by atoms with van der Waals surface area (Å²) in [6.45, 7) is 4.38. The van der Waals surface area contributed by atoms with Crippen molar-refractivity contribution in [2.75, 3.05) is 6.61 Å². The van der Waals surface area contributed by atoms with Gasteiger partial charge in [0.2, 0.25) is 0 Å². The van der Waals surface area contributed by atoms with E-state index >= 15 is 0 Å². The highest BCUT2D eigenvalue weighted by Crippen LogP contribution is 2.20. The maximum absolute atomic E-state index is 12.1. The highest BCUT2D eigenvalue weighted by atomic mass is 16.5. The van der Waals surface area contributed by atoms with E-state index in [0.29, 0.717) is 0 Å².